The van der Waals surface area contributed by atoms with Gasteiger partial charge >= 0.3 is 0 Å². The minimum Gasteiger partial charge on any atom is -0.497 e. The molecule has 0 aliphatic carbocycles. The van der Waals surface area contributed by atoms with Crippen LogP contribution in [0.5, 0.6) is 11.5 Å². The summed E-state index contributed by atoms with van der Waals surface area (Å²) in [6.07, 6.45) is -0.462. The molecule has 0 bridgehead atoms. The Morgan fingerprint density at radius 2 is 1.85 bits per heavy atom. The predicted octanol–water partition coefficient (Wildman–Crippen LogP) is 2.01. The fourth-order valence-corrected chi connectivity index (χ4v) is 3.61. The van der Waals surface area contributed by atoms with Crippen molar-refractivity contribution in [2.24, 2.45) is 0 Å². The lowest BCUT2D eigenvalue weighted by Gasteiger charge is -2.35. The van der Waals surface area contributed by atoms with E-state index in [1.54, 1.807) is 42.7 Å². The summed E-state index contributed by atoms with van der Waals surface area (Å²) in [5.74, 6) is 1.39. The smallest absolute Gasteiger partial charge is 0.260 e. The number of nitrogens with zero attached hydrogens (tertiary/aromatic N) is 2. The number of carbonyl (C=O) groups excluding carboxylic acids is 1. The first-order chi connectivity index (χ1) is 12.7. The van der Waals surface area contributed by atoms with Gasteiger partial charge in [0.25, 0.3) is 5.91 Å². The highest BCUT2D eigenvalue weighted by atomic mass is 32.1. The van der Waals surface area contributed by atoms with Crippen molar-refractivity contribution in [2.45, 2.75) is 6.10 Å². The number of carbonyl (C=O) groups is 1. The minimum absolute atomic E-state index is 0.0146. The van der Waals surface area contributed by atoms with E-state index < -0.39 is 6.10 Å². The van der Waals surface area contributed by atoms with Crippen LogP contribution in [-0.2, 0) is 4.79 Å². The van der Waals surface area contributed by atoms with E-state index in [2.05, 4.69) is 4.90 Å². The fourth-order valence-electron chi connectivity index (χ4n) is 2.90. The average Bonchev–Trinajstić information content (AvgIpc) is 3.22. The molecule has 1 aromatic heterocycles. The van der Waals surface area contributed by atoms with Crippen molar-refractivity contribution in [1.29, 1.82) is 0 Å². The Balaban J connectivity index is 1.40. The highest BCUT2D eigenvalue weighted by Crippen LogP contribution is 2.20. The van der Waals surface area contributed by atoms with Gasteiger partial charge in [-0.05, 0) is 35.7 Å². The summed E-state index contributed by atoms with van der Waals surface area (Å²) >= 11 is 1.57. The number of rotatable bonds is 7. The molecule has 1 aliphatic heterocycles. The molecule has 140 valence electrons. The van der Waals surface area contributed by atoms with E-state index in [1.807, 2.05) is 22.4 Å². The number of ether oxygens (including phenoxy) is 2. The van der Waals surface area contributed by atoms with Crippen molar-refractivity contribution in [2.75, 3.05) is 46.4 Å². The van der Waals surface area contributed by atoms with Gasteiger partial charge in [0.15, 0.2) is 6.61 Å². The van der Waals surface area contributed by atoms with Gasteiger partial charge in [-0.25, -0.2) is 0 Å². The maximum absolute atomic E-state index is 12.3. The van der Waals surface area contributed by atoms with E-state index in [-0.39, 0.29) is 12.5 Å². The standard InChI is InChI=1S/C19H24N2O4S/c1-24-15-4-6-16(7-5-15)25-14-19(23)21-10-8-20(9-11-21)13-17(22)18-3-2-12-26-18/h2-7,12,17,22H,8-11,13-14H2,1H3. The molecule has 26 heavy (non-hydrogen) atoms. The lowest BCUT2D eigenvalue weighted by molar-refractivity contribution is -0.135. The number of aliphatic hydroxyl groups excluding tert-OH is 1. The maximum Gasteiger partial charge on any atom is 0.260 e. The zero-order valence-electron chi connectivity index (χ0n) is 14.8. The molecule has 1 saturated heterocycles. The molecule has 1 N–H and O–H groups in total. The number of hydrogen-bond donors (Lipinski definition) is 1. The molecule has 1 aliphatic rings. The molecule has 1 fully saturated rings. The SMILES string of the molecule is COc1ccc(OCC(=O)N2CCN(CC(O)c3cccs3)CC2)cc1. The molecular formula is C19H24N2O4S. The van der Waals surface area contributed by atoms with E-state index in [1.165, 1.54) is 0 Å². The highest BCUT2D eigenvalue weighted by molar-refractivity contribution is 7.10. The number of hydrogen-bond acceptors (Lipinski definition) is 6. The molecule has 0 spiro atoms. The molecule has 0 saturated carbocycles. The molecule has 1 unspecified atom stereocenters. The molecule has 2 aromatic rings. The van der Waals surface area contributed by atoms with Crippen molar-refractivity contribution < 1.29 is 19.4 Å². The highest BCUT2D eigenvalue weighted by Gasteiger charge is 2.23. The van der Waals surface area contributed by atoms with Crippen molar-refractivity contribution in [1.82, 2.24) is 9.80 Å². The van der Waals surface area contributed by atoms with Crippen LogP contribution in [-0.4, -0.2) is 67.3 Å². The maximum atomic E-state index is 12.3. The molecule has 1 aromatic carbocycles. The Morgan fingerprint density at radius 1 is 1.15 bits per heavy atom. The molecule has 1 amide bonds. The first-order valence-electron chi connectivity index (χ1n) is 8.64. The van der Waals surface area contributed by atoms with E-state index in [0.717, 1.165) is 23.7 Å². The molecule has 7 heteroatoms. The Labute approximate surface area is 157 Å². The van der Waals surface area contributed by atoms with Crippen LogP contribution in [0.2, 0.25) is 0 Å². The third-order valence-electron chi connectivity index (χ3n) is 4.45. The Kier molecular flexibility index (Phi) is 6.49. The number of aliphatic hydroxyl groups is 1. The normalized spacial score (nSPS) is 16.3. The largest absolute Gasteiger partial charge is 0.497 e. The molecule has 1 atom stereocenters. The third kappa shape index (κ3) is 4.97. The first-order valence-corrected chi connectivity index (χ1v) is 9.52. The van der Waals surface area contributed by atoms with Gasteiger partial charge in [-0.15, -0.1) is 11.3 Å². The zero-order valence-corrected chi connectivity index (χ0v) is 15.7. The Bertz CT molecular complexity index is 682. The van der Waals surface area contributed by atoms with E-state index in [0.29, 0.717) is 25.4 Å². The third-order valence-corrected chi connectivity index (χ3v) is 5.42. The van der Waals surface area contributed by atoms with Crippen LogP contribution in [0.3, 0.4) is 0 Å². The molecule has 0 radical (unpaired) electrons. The van der Waals surface area contributed by atoms with Gasteiger partial charge in [-0.2, -0.15) is 0 Å². The average molecular weight is 376 g/mol. The number of piperazine rings is 1. The lowest BCUT2D eigenvalue weighted by atomic mass is 10.2. The second-order valence-electron chi connectivity index (χ2n) is 6.18. The van der Waals surface area contributed by atoms with Gasteiger partial charge in [-0.3, -0.25) is 9.69 Å². The summed E-state index contributed by atoms with van der Waals surface area (Å²) in [4.78, 5) is 17.3. The molecule has 2 heterocycles. The van der Waals surface area contributed by atoms with Crippen molar-refractivity contribution >= 4 is 17.2 Å². The zero-order chi connectivity index (χ0) is 18.4. The number of β-amino-alcohol motifs (C(OH)–C–C–N with tert-alkyl or cyclic N) is 1. The van der Waals surface area contributed by atoms with Gasteiger partial charge in [0.1, 0.15) is 17.6 Å². The summed E-state index contributed by atoms with van der Waals surface area (Å²) in [6.45, 7) is 3.46. The van der Waals surface area contributed by atoms with Gasteiger partial charge in [-0.1, -0.05) is 6.07 Å². The fraction of sp³-hybridized carbons (Fsp3) is 0.421. The molecular weight excluding hydrogens is 352 g/mol. The van der Waals surface area contributed by atoms with Crippen LogP contribution in [0.15, 0.2) is 41.8 Å². The van der Waals surface area contributed by atoms with Crippen LogP contribution >= 0.6 is 11.3 Å². The predicted molar refractivity (Wildman–Crippen MR) is 101 cm³/mol. The van der Waals surface area contributed by atoms with Crippen LogP contribution in [0.4, 0.5) is 0 Å². The van der Waals surface area contributed by atoms with Crippen LogP contribution < -0.4 is 9.47 Å². The van der Waals surface area contributed by atoms with Gasteiger partial charge in [0.05, 0.1) is 7.11 Å². The quantitative estimate of drug-likeness (QED) is 0.801. The van der Waals surface area contributed by atoms with Crippen molar-refractivity contribution in [3.8, 4) is 11.5 Å². The second-order valence-corrected chi connectivity index (χ2v) is 7.16. The van der Waals surface area contributed by atoms with Crippen LogP contribution in [0.25, 0.3) is 0 Å². The van der Waals surface area contributed by atoms with Crippen LogP contribution in [0, 0.1) is 0 Å². The number of thiophene rings is 1. The topological polar surface area (TPSA) is 62.2 Å². The monoisotopic (exact) mass is 376 g/mol. The van der Waals surface area contributed by atoms with E-state index in [9.17, 15) is 9.90 Å². The summed E-state index contributed by atoms with van der Waals surface area (Å²) in [6, 6.07) is 11.1. The summed E-state index contributed by atoms with van der Waals surface area (Å²) < 4.78 is 10.7. The van der Waals surface area contributed by atoms with E-state index in [4.69, 9.17) is 9.47 Å². The van der Waals surface area contributed by atoms with Gasteiger partial charge < -0.3 is 19.5 Å². The van der Waals surface area contributed by atoms with Crippen LogP contribution in [0.1, 0.15) is 11.0 Å². The summed E-state index contributed by atoms with van der Waals surface area (Å²) in [5, 5.41) is 12.2. The molecule has 3 rings (SSSR count). The van der Waals surface area contributed by atoms with Gasteiger partial charge in [0, 0.05) is 37.6 Å². The van der Waals surface area contributed by atoms with Crippen molar-refractivity contribution in [3.05, 3.63) is 46.7 Å². The molecule has 6 nitrogen and oxygen atoms in total. The van der Waals surface area contributed by atoms with E-state index >= 15 is 0 Å². The Morgan fingerprint density at radius 3 is 2.46 bits per heavy atom. The van der Waals surface area contributed by atoms with Crippen molar-refractivity contribution in [3.63, 3.8) is 0 Å². The lowest BCUT2D eigenvalue weighted by Crippen LogP contribution is -2.50. The summed E-state index contributed by atoms with van der Waals surface area (Å²) in [7, 11) is 1.61. The summed E-state index contributed by atoms with van der Waals surface area (Å²) in [5.41, 5.74) is 0. The number of methoxy groups -OCH3 is 1. The second kappa shape index (κ2) is 9.02. The Hall–Kier alpha value is -2.09. The van der Waals surface area contributed by atoms with Gasteiger partial charge in [0.2, 0.25) is 0 Å². The first kappa shape index (κ1) is 18.7. The number of benzene rings is 1. The number of amides is 1. The minimum atomic E-state index is -0.462.